The number of ether oxygens (including phenoxy) is 1. The normalized spacial score (nSPS) is 17.3. The van der Waals surface area contributed by atoms with Crippen molar-refractivity contribution in [2.24, 2.45) is 0 Å². The molecule has 1 atom stereocenters. The van der Waals surface area contributed by atoms with E-state index in [2.05, 4.69) is 33.3 Å². The van der Waals surface area contributed by atoms with Crippen molar-refractivity contribution in [2.75, 3.05) is 19.6 Å². The van der Waals surface area contributed by atoms with Crippen LogP contribution in [0, 0.1) is 0 Å². The Balaban J connectivity index is 0.00000151. The summed E-state index contributed by atoms with van der Waals surface area (Å²) in [4.78, 5) is 23.8. The minimum Gasteiger partial charge on any atom is -0.469 e. The van der Waals surface area contributed by atoms with E-state index in [1.165, 1.54) is 7.11 Å². The molecule has 1 aromatic rings. The first-order chi connectivity index (χ1) is 11.5. The Morgan fingerprint density at radius 1 is 1.24 bits per heavy atom. The van der Waals surface area contributed by atoms with Crippen molar-refractivity contribution < 1.29 is 18.5 Å². The molecule has 142 valence electrons. The van der Waals surface area contributed by atoms with Gasteiger partial charge in [0.25, 0.3) is 0 Å². The molecule has 2 rings (SSSR count). The molecule has 4 nitrogen and oxygen atoms in total. The van der Waals surface area contributed by atoms with Crippen molar-refractivity contribution in [1.29, 1.82) is 0 Å². The van der Waals surface area contributed by atoms with Crippen LogP contribution in [-0.2, 0) is 9.53 Å². The van der Waals surface area contributed by atoms with E-state index < -0.39 is 10.3 Å². The van der Waals surface area contributed by atoms with Gasteiger partial charge in [-0.15, -0.1) is 0 Å². The Morgan fingerprint density at radius 3 is 2.36 bits per heavy atom. The van der Waals surface area contributed by atoms with Crippen molar-refractivity contribution in [1.82, 2.24) is 0 Å². The maximum atomic E-state index is 12.3. The van der Waals surface area contributed by atoms with E-state index in [1.54, 1.807) is 0 Å². The van der Waals surface area contributed by atoms with Crippen molar-refractivity contribution in [3.05, 3.63) is 29.3 Å². The maximum absolute atomic E-state index is 12.3. The van der Waals surface area contributed by atoms with E-state index in [-0.39, 0.29) is 28.8 Å². The topological polar surface area (TPSA) is 52.6 Å². The Hall–Kier alpha value is -1.49. The molecule has 1 aromatic carbocycles. The molecule has 0 heterocycles. The van der Waals surface area contributed by atoms with Crippen LogP contribution in [0.1, 0.15) is 69.3 Å². The van der Waals surface area contributed by atoms with Crippen molar-refractivity contribution in [3.8, 4) is 5.75 Å². The van der Waals surface area contributed by atoms with E-state index in [9.17, 15) is 9.59 Å². The third kappa shape index (κ3) is 5.00. The van der Waals surface area contributed by atoms with Crippen LogP contribution < -0.4 is 4.18 Å². The van der Waals surface area contributed by atoms with Crippen LogP contribution >= 0.6 is 10.3 Å². The highest BCUT2D eigenvalue weighted by atomic mass is 32.3. The molecular formula is C20H32O4S. The quantitative estimate of drug-likeness (QED) is 0.694. The number of fused-ring (bicyclic) bond motifs is 1. The van der Waals surface area contributed by atoms with Crippen LogP contribution in [-0.4, -0.2) is 36.1 Å². The molecule has 1 aliphatic carbocycles. The first-order valence-corrected chi connectivity index (χ1v) is 11.1. The van der Waals surface area contributed by atoms with Crippen LogP contribution in [0.5, 0.6) is 5.75 Å². The van der Waals surface area contributed by atoms with Gasteiger partial charge in [0.15, 0.2) is 5.78 Å². The lowest BCUT2D eigenvalue weighted by Gasteiger charge is -2.43. The van der Waals surface area contributed by atoms with Gasteiger partial charge >= 0.3 is 5.97 Å². The van der Waals surface area contributed by atoms with Crippen LogP contribution in [0.4, 0.5) is 0 Å². The van der Waals surface area contributed by atoms with Gasteiger partial charge in [0.1, 0.15) is 5.75 Å². The number of Topliss-reactive ketones (excluding diaryl/α,β-unsaturated/α-hetero) is 1. The van der Waals surface area contributed by atoms with Crippen LogP contribution in [0.2, 0.25) is 0 Å². The summed E-state index contributed by atoms with van der Waals surface area (Å²) in [6.45, 7) is 10.5. The molecule has 5 heteroatoms. The van der Waals surface area contributed by atoms with Gasteiger partial charge in [-0.3, -0.25) is 9.59 Å². The monoisotopic (exact) mass is 368 g/mol. The second-order valence-electron chi connectivity index (χ2n) is 7.28. The molecule has 0 saturated carbocycles. The fourth-order valence-electron chi connectivity index (χ4n) is 2.46. The number of benzene rings is 1. The average Bonchev–Trinajstić information content (AvgIpc) is 2.83. The molecule has 0 amide bonds. The lowest BCUT2D eigenvalue weighted by molar-refractivity contribution is -0.141. The predicted molar refractivity (Wildman–Crippen MR) is 106 cm³/mol. The van der Waals surface area contributed by atoms with Gasteiger partial charge in [0, 0.05) is 22.6 Å². The molecule has 0 radical (unpaired) electrons. The van der Waals surface area contributed by atoms with Crippen LogP contribution in [0.25, 0.3) is 0 Å². The minimum atomic E-state index is -1.31. The number of hydrogen-bond acceptors (Lipinski definition) is 4. The third-order valence-electron chi connectivity index (χ3n) is 4.62. The van der Waals surface area contributed by atoms with Crippen molar-refractivity contribution >= 4 is 22.1 Å². The summed E-state index contributed by atoms with van der Waals surface area (Å²) < 4.78 is 11.0. The Kier molecular flexibility index (Phi) is 7.12. The third-order valence-corrected chi connectivity index (χ3v) is 8.18. The standard InChI is InChI=1S/C18H26O4S.C2H6/c1-18(2,3)23(5,6)22-13-7-8-14-12(10-17(20)21-4)9-16(19)15(14)11-13;1-2/h7-8,11-12H,9-10H2,1-6H3;1-2H3. The summed E-state index contributed by atoms with van der Waals surface area (Å²) in [6, 6.07) is 5.65. The number of hydrogen-bond donors (Lipinski definition) is 0. The van der Waals surface area contributed by atoms with E-state index in [1.807, 2.05) is 32.0 Å². The van der Waals surface area contributed by atoms with Crippen molar-refractivity contribution in [2.45, 2.75) is 58.1 Å². The molecule has 0 bridgehead atoms. The average molecular weight is 369 g/mol. The fraction of sp³-hybridized carbons (Fsp3) is 0.600. The first-order valence-electron chi connectivity index (χ1n) is 8.71. The predicted octanol–water partition coefficient (Wildman–Crippen LogP) is 5.10. The Bertz CT molecular complexity index is 629. The Labute approximate surface area is 153 Å². The summed E-state index contributed by atoms with van der Waals surface area (Å²) in [5.41, 5.74) is 1.61. The van der Waals surface area contributed by atoms with Gasteiger partial charge in [-0.25, -0.2) is 0 Å². The van der Waals surface area contributed by atoms with Gasteiger partial charge in [0.05, 0.1) is 13.5 Å². The summed E-state index contributed by atoms with van der Waals surface area (Å²) >= 11 is 0. The van der Waals surface area contributed by atoms with E-state index in [4.69, 9.17) is 8.92 Å². The molecular weight excluding hydrogens is 336 g/mol. The van der Waals surface area contributed by atoms with Gasteiger partial charge in [-0.1, -0.05) is 30.2 Å². The highest BCUT2D eigenvalue weighted by molar-refractivity contribution is 8.30. The lowest BCUT2D eigenvalue weighted by Crippen LogP contribution is -2.27. The lowest BCUT2D eigenvalue weighted by atomic mass is 9.98. The Morgan fingerprint density at radius 2 is 1.84 bits per heavy atom. The van der Waals surface area contributed by atoms with Crippen molar-refractivity contribution in [3.63, 3.8) is 0 Å². The molecule has 0 aliphatic heterocycles. The second-order valence-corrected chi connectivity index (χ2v) is 11.1. The van der Waals surface area contributed by atoms with E-state index >= 15 is 0 Å². The largest absolute Gasteiger partial charge is 0.469 e. The first kappa shape index (κ1) is 21.6. The van der Waals surface area contributed by atoms with E-state index in [0.29, 0.717) is 12.0 Å². The highest BCUT2D eigenvalue weighted by Crippen LogP contribution is 2.54. The molecule has 0 saturated heterocycles. The molecule has 0 spiro atoms. The van der Waals surface area contributed by atoms with Gasteiger partial charge in [-0.2, -0.15) is 0 Å². The molecule has 1 aliphatic rings. The number of carbonyl (C=O) groups is 2. The van der Waals surface area contributed by atoms with Gasteiger partial charge in [-0.05, 0) is 51.0 Å². The zero-order chi connectivity index (χ0) is 19.4. The number of methoxy groups -OCH3 is 1. The van der Waals surface area contributed by atoms with Gasteiger partial charge < -0.3 is 8.92 Å². The SMILES string of the molecule is CC.COC(=O)CC1CC(=O)c2cc(OS(C)(C)C(C)(C)C)ccc21. The smallest absolute Gasteiger partial charge is 0.306 e. The fourth-order valence-corrected chi connectivity index (χ4v) is 3.30. The molecule has 0 aromatic heterocycles. The summed E-state index contributed by atoms with van der Waals surface area (Å²) in [5.74, 6) is 0.435. The molecule has 25 heavy (non-hydrogen) atoms. The summed E-state index contributed by atoms with van der Waals surface area (Å²) in [6.07, 6.45) is 4.86. The molecule has 1 unspecified atom stereocenters. The van der Waals surface area contributed by atoms with Gasteiger partial charge in [0.2, 0.25) is 0 Å². The minimum absolute atomic E-state index is 0.0451. The maximum Gasteiger partial charge on any atom is 0.306 e. The van der Waals surface area contributed by atoms with E-state index in [0.717, 1.165) is 11.3 Å². The van der Waals surface area contributed by atoms with Crippen LogP contribution in [0.15, 0.2) is 18.2 Å². The number of ketones is 1. The molecule has 0 fully saturated rings. The van der Waals surface area contributed by atoms with Crippen LogP contribution in [0.3, 0.4) is 0 Å². The number of carbonyl (C=O) groups excluding carboxylic acids is 2. The molecule has 0 N–H and O–H groups in total. The highest BCUT2D eigenvalue weighted by Gasteiger charge is 2.33. The zero-order valence-electron chi connectivity index (χ0n) is 16.8. The number of rotatable bonds is 4. The number of esters is 1. The summed E-state index contributed by atoms with van der Waals surface area (Å²) in [7, 11) is 0.0618. The second kappa shape index (κ2) is 8.26. The zero-order valence-corrected chi connectivity index (χ0v) is 17.6. The summed E-state index contributed by atoms with van der Waals surface area (Å²) in [5, 5.41) is 0.